The number of carbonyl (C=O) groups excluding carboxylic acids is 2. The van der Waals surface area contributed by atoms with E-state index in [4.69, 9.17) is 4.74 Å². The number of halogens is 2. The summed E-state index contributed by atoms with van der Waals surface area (Å²) in [4.78, 5) is 33.3. The predicted molar refractivity (Wildman–Crippen MR) is 152 cm³/mol. The van der Waals surface area contributed by atoms with Crippen molar-refractivity contribution in [3.63, 3.8) is 0 Å². The first-order valence-corrected chi connectivity index (χ1v) is 14.9. The van der Waals surface area contributed by atoms with E-state index in [1.165, 1.54) is 47.2 Å². The van der Waals surface area contributed by atoms with Crippen LogP contribution in [-0.2, 0) is 10.5 Å². The van der Waals surface area contributed by atoms with Crippen molar-refractivity contribution < 1.29 is 23.8 Å². The van der Waals surface area contributed by atoms with Gasteiger partial charge in [-0.2, -0.15) is 0 Å². The molecule has 3 heterocycles. The molecule has 0 fully saturated rings. The standard InChI is InChI=1S/C26H20BrFN4O4S3/c1-12-23(38-13(2)29-12)21(33)19-20(17-10-15(27)6-9-18(17)36-3)32(24(35)22(19)34)25-30-31-26(39-25)37-11-14-4-7-16(28)8-5-14/h4-10,20,34H,11H2,1-3H3. The number of anilines is 1. The predicted octanol–water partition coefficient (Wildman–Crippen LogP) is 6.60. The zero-order chi connectivity index (χ0) is 27.8. The Labute approximate surface area is 243 Å². The van der Waals surface area contributed by atoms with Crippen LogP contribution < -0.4 is 9.64 Å². The highest BCUT2D eigenvalue weighted by Crippen LogP contribution is 2.47. The van der Waals surface area contributed by atoms with E-state index in [-0.39, 0.29) is 16.5 Å². The van der Waals surface area contributed by atoms with Gasteiger partial charge in [-0.05, 0) is 49.7 Å². The van der Waals surface area contributed by atoms with E-state index < -0.39 is 23.5 Å². The number of methoxy groups -OCH3 is 1. The summed E-state index contributed by atoms with van der Waals surface area (Å²) in [5.41, 5.74) is 1.82. The van der Waals surface area contributed by atoms with Crippen molar-refractivity contribution in [2.45, 2.75) is 30.0 Å². The van der Waals surface area contributed by atoms with Crippen molar-refractivity contribution in [2.24, 2.45) is 0 Å². The summed E-state index contributed by atoms with van der Waals surface area (Å²) in [6.45, 7) is 3.50. The molecule has 1 unspecified atom stereocenters. The lowest BCUT2D eigenvalue weighted by Crippen LogP contribution is -2.31. The van der Waals surface area contributed by atoms with Crippen LogP contribution in [0.4, 0.5) is 9.52 Å². The largest absolute Gasteiger partial charge is 0.503 e. The second-order valence-corrected chi connectivity index (χ2v) is 12.8. The number of aromatic nitrogens is 3. The van der Waals surface area contributed by atoms with Gasteiger partial charge in [0, 0.05) is 15.8 Å². The summed E-state index contributed by atoms with van der Waals surface area (Å²) in [6, 6.07) is 10.4. The number of hydrogen-bond acceptors (Lipinski definition) is 10. The van der Waals surface area contributed by atoms with Crippen LogP contribution in [0.5, 0.6) is 5.75 Å². The third kappa shape index (κ3) is 5.36. The van der Waals surface area contributed by atoms with E-state index in [0.29, 0.717) is 41.5 Å². The smallest absolute Gasteiger partial charge is 0.296 e. The summed E-state index contributed by atoms with van der Waals surface area (Å²) in [7, 11) is 1.49. The molecule has 4 aromatic rings. The number of hydrogen-bond donors (Lipinski definition) is 1. The fourth-order valence-electron chi connectivity index (χ4n) is 4.20. The Morgan fingerprint density at radius 2 is 1.92 bits per heavy atom. The topological polar surface area (TPSA) is 106 Å². The summed E-state index contributed by atoms with van der Waals surface area (Å²) >= 11 is 7.20. The van der Waals surface area contributed by atoms with Gasteiger partial charge in [-0.1, -0.05) is 51.2 Å². The number of amides is 1. The molecule has 2 aromatic carbocycles. The molecule has 0 spiro atoms. The lowest BCUT2D eigenvalue weighted by atomic mass is 9.94. The van der Waals surface area contributed by atoms with Gasteiger partial charge in [-0.3, -0.25) is 14.5 Å². The molecule has 0 radical (unpaired) electrons. The van der Waals surface area contributed by atoms with Crippen LogP contribution in [0, 0.1) is 19.7 Å². The maximum absolute atomic E-state index is 13.8. The van der Waals surface area contributed by atoms with Gasteiger partial charge in [0.1, 0.15) is 17.6 Å². The minimum Gasteiger partial charge on any atom is -0.503 e. The van der Waals surface area contributed by atoms with Crippen LogP contribution in [0.15, 0.2) is 62.6 Å². The molecular weight excluding hydrogens is 627 g/mol. The lowest BCUT2D eigenvalue weighted by Gasteiger charge is -2.25. The van der Waals surface area contributed by atoms with Gasteiger partial charge >= 0.3 is 0 Å². The molecule has 0 bridgehead atoms. The molecule has 13 heteroatoms. The molecule has 1 aliphatic heterocycles. The third-order valence-corrected chi connectivity index (χ3v) is 9.62. The Hall–Kier alpha value is -3.13. The number of carbonyl (C=O) groups is 2. The van der Waals surface area contributed by atoms with E-state index in [0.717, 1.165) is 16.9 Å². The Morgan fingerprint density at radius 1 is 1.18 bits per heavy atom. The molecule has 5 rings (SSSR count). The maximum atomic E-state index is 13.8. The minimum absolute atomic E-state index is 0.0844. The Balaban J connectivity index is 1.55. The number of aliphatic hydroxyl groups excluding tert-OH is 1. The van der Waals surface area contributed by atoms with Crippen LogP contribution in [0.1, 0.15) is 37.5 Å². The van der Waals surface area contributed by atoms with E-state index in [1.54, 1.807) is 44.2 Å². The second-order valence-electron chi connectivity index (χ2n) is 8.47. The summed E-state index contributed by atoms with van der Waals surface area (Å²) in [5.74, 6) is -1.29. The molecule has 0 aliphatic carbocycles. The number of ketones is 1. The molecule has 1 N–H and O–H groups in total. The van der Waals surface area contributed by atoms with Crippen molar-refractivity contribution in [3.05, 3.63) is 90.8 Å². The second kappa shape index (κ2) is 11.2. The van der Waals surface area contributed by atoms with Gasteiger partial charge in [-0.15, -0.1) is 21.5 Å². The van der Waals surface area contributed by atoms with Gasteiger partial charge in [0.2, 0.25) is 10.9 Å². The van der Waals surface area contributed by atoms with Crippen LogP contribution >= 0.6 is 50.4 Å². The molecule has 200 valence electrons. The Kier molecular flexibility index (Phi) is 7.85. The van der Waals surface area contributed by atoms with Crippen molar-refractivity contribution in [1.82, 2.24) is 15.2 Å². The van der Waals surface area contributed by atoms with E-state index in [2.05, 4.69) is 31.1 Å². The van der Waals surface area contributed by atoms with Gasteiger partial charge < -0.3 is 9.84 Å². The molecule has 8 nitrogen and oxygen atoms in total. The van der Waals surface area contributed by atoms with Crippen molar-refractivity contribution in [3.8, 4) is 5.75 Å². The number of benzene rings is 2. The van der Waals surface area contributed by atoms with Gasteiger partial charge in [0.05, 0.1) is 28.3 Å². The summed E-state index contributed by atoms with van der Waals surface area (Å²) in [6.07, 6.45) is 0. The average Bonchev–Trinajstić information content (AvgIpc) is 3.59. The lowest BCUT2D eigenvalue weighted by molar-refractivity contribution is -0.117. The maximum Gasteiger partial charge on any atom is 0.296 e. The van der Waals surface area contributed by atoms with Crippen LogP contribution in [0.3, 0.4) is 0 Å². The first-order valence-electron chi connectivity index (χ1n) is 11.5. The fraction of sp³-hybridized carbons (Fsp3) is 0.192. The van der Waals surface area contributed by atoms with Crippen molar-refractivity contribution in [2.75, 3.05) is 12.0 Å². The summed E-state index contributed by atoms with van der Waals surface area (Å²) < 4.78 is 20.1. The Bertz CT molecular complexity index is 1620. The summed E-state index contributed by atoms with van der Waals surface area (Å²) in [5, 5.41) is 20.4. The zero-order valence-corrected chi connectivity index (χ0v) is 24.8. The molecule has 0 saturated carbocycles. The third-order valence-electron chi connectivity index (χ3n) is 5.93. The quantitative estimate of drug-likeness (QED) is 0.130. The van der Waals surface area contributed by atoms with Gasteiger partial charge in [-0.25, -0.2) is 9.37 Å². The highest BCUT2D eigenvalue weighted by Gasteiger charge is 2.47. The molecule has 1 atom stereocenters. The van der Waals surface area contributed by atoms with Crippen LogP contribution in [0.2, 0.25) is 0 Å². The number of rotatable bonds is 8. The SMILES string of the molecule is COc1ccc(Br)cc1C1C(C(=O)c2sc(C)nc2C)=C(O)C(=O)N1c1nnc(SCc2ccc(F)cc2)s1. The zero-order valence-electron chi connectivity index (χ0n) is 20.8. The molecule has 0 saturated heterocycles. The highest BCUT2D eigenvalue weighted by molar-refractivity contribution is 9.10. The first kappa shape index (κ1) is 27.4. The molecule has 1 amide bonds. The first-order chi connectivity index (χ1) is 18.7. The van der Waals surface area contributed by atoms with E-state index in [1.807, 2.05) is 0 Å². The molecule has 2 aromatic heterocycles. The number of nitrogens with zero attached hydrogens (tertiary/aromatic N) is 4. The van der Waals surface area contributed by atoms with Gasteiger partial charge in [0.15, 0.2) is 10.1 Å². The van der Waals surface area contributed by atoms with Crippen LogP contribution in [-0.4, -0.2) is 39.1 Å². The molecular formula is C26H20BrFN4O4S3. The number of thiazole rings is 1. The van der Waals surface area contributed by atoms with Gasteiger partial charge in [0.25, 0.3) is 5.91 Å². The number of ether oxygens (including phenoxy) is 1. The van der Waals surface area contributed by atoms with Crippen molar-refractivity contribution in [1.29, 1.82) is 0 Å². The molecule has 1 aliphatic rings. The number of aryl methyl sites for hydroxylation is 2. The number of Topliss-reactive ketones (excluding diaryl/α,β-unsaturated/α-hetero) is 1. The fourth-order valence-corrected chi connectivity index (χ4v) is 7.27. The average molecular weight is 648 g/mol. The minimum atomic E-state index is -1.03. The van der Waals surface area contributed by atoms with E-state index in [9.17, 15) is 19.1 Å². The number of thioether (sulfide) groups is 1. The highest BCUT2D eigenvalue weighted by atomic mass is 79.9. The van der Waals surface area contributed by atoms with Crippen molar-refractivity contribution >= 4 is 67.2 Å². The number of aliphatic hydroxyl groups is 1. The van der Waals surface area contributed by atoms with Crippen LogP contribution in [0.25, 0.3) is 0 Å². The Morgan fingerprint density at radius 3 is 2.59 bits per heavy atom. The monoisotopic (exact) mass is 646 g/mol. The van der Waals surface area contributed by atoms with E-state index >= 15 is 0 Å². The normalized spacial score (nSPS) is 15.4. The molecule has 39 heavy (non-hydrogen) atoms.